The molecule has 1 aliphatic carbocycles. The third kappa shape index (κ3) is 4.39. The Balaban J connectivity index is 0.00000102. The van der Waals surface area contributed by atoms with Gasteiger partial charge in [-0.25, -0.2) is 0 Å². The third-order valence-electron chi connectivity index (χ3n) is 4.99. The number of aliphatic imine (C=N–C) groups is 1. The molecule has 1 aromatic heterocycles. The number of rotatable bonds is 2. The Bertz CT molecular complexity index is 799. The van der Waals surface area contributed by atoms with E-state index in [1.807, 2.05) is 44.3 Å². The smallest absolute Gasteiger partial charge is 0.127 e. The lowest BCUT2D eigenvalue weighted by Crippen LogP contribution is -2.53. The first-order valence-electron chi connectivity index (χ1n) is 9.64. The van der Waals surface area contributed by atoms with Gasteiger partial charge in [-0.05, 0) is 36.6 Å². The van der Waals surface area contributed by atoms with Crippen LogP contribution in [0.15, 0.2) is 41.7 Å². The Morgan fingerprint density at radius 1 is 1.07 bits per heavy atom. The number of nitrogens with one attached hydrogen (secondary N) is 2. The SMILES string of the molecule is CC.Clc1cc2c(cc1Cl)NC1(CCCCC1)C(=NCc1cccnc1)N2. The number of hydrogen-bond donors (Lipinski definition) is 2. The molecular formula is C21H26Cl2N4. The first-order valence-corrected chi connectivity index (χ1v) is 10.4. The van der Waals surface area contributed by atoms with E-state index in [9.17, 15) is 0 Å². The molecular weight excluding hydrogens is 379 g/mol. The van der Waals surface area contributed by atoms with Gasteiger partial charge in [0.1, 0.15) is 5.84 Å². The largest absolute Gasteiger partial charge is 0.371 e. The summed E-state index contributed by atoms with van der Waals surface area (Å²) in [6.45, 7) is 4.61. The van der Waals surface area contributed by atoms with Crippen LogP contribution in [-0.2, 0) is 6.54 Å². The summed E-state index contributed by atoms with van der Waals surface area (Å²) in [5.41, 5.74) is 2.87. The molecule has 6 heteroatoms. The second-order valence-corrected chi connectivity index (χ2v) is 7.55. The summed E-state index contributed by atoms with van der Waals surface area (Å²) in [5.74, 6) is 0.988. The predicted octanol–water partition coefficient (Wildman–Crippen LogP) is 6.55. The number of anilines is 2. The van der Waals surface area contributed by atoms with Crippen molar-refractivity contribution >= 4 is 40.4 Å². The third-order valence-corrected chi connectivity index (χ3v) is 5.71. The number of pyridine rings is 1. The maximum absolute atomic E-state index is 6.21. The number of nitrogens with zero attached hydrogens (tertiary/aromatic N) is 2. The average molecular weight is 405 g/mol. The fraction of sp³-hybridized carbons (Fsp3) is 0.429. The van der Waals surface area contributed by atoms with Crippen LogP contribution in [0.1, 0.15) is 51.5 Å². The zero-order chi connectivity index (χ0) is 19.3. The van der Waals surface area contributed by atoms with E-state index in [0.717, 1.165) is 35.6 Å². The fourth-order valence-electron chi connectivity index (χ4n) is 3.69. The highest BCUT2D eigenvalue weighted by Gasteiger charge is 2.41. The molecule has 0 unspecified atom stereocenters. The van der Waals surface area contributed by atoms with E-state index in [1.54, 1.807) is 6.20 Å². The number of benzene rings is 1. The standard InChI is InChI=1S/C19H20Cl2N4.C2H6/c20-14-9-16-17(10-15(14)21)25-19(6-2-1-3-7-19)18(24-16)23-12-13-5-4-8-22-11-13;1-2/h4-5,8-11,25H,1-3,6-7,12H2,(H,23,24);1-2H3. The molecule has 1 aromatic carbocycles. The minimum atomic E-state index is -0.148. The van der Waals surface area contributed by atoms with Gasteiger partial charge >= 0.3 is 0 Å². The molecule has 4 rings (SSSR count). The predicted molar refractivity (Wildman–Crippen MR) is 116 cm³/mol. The molecule has 2 aliphatic rings. The molecule has 1 aliphatic heterocycles. The molecule has 1 saturated carbocycles. The van der Waals surface area contributed by atoms with Crippen molar-refractivity contribution in [1.29, 1.82) is 0 Å². The van der Waals surface area contributed by atoms with E-state index in [0.29, 0.717) is 16.6 Å². The molecule has 144 valence electrons. The monoisotopic (exact) mass is 404 g/mol. The number of hydrogen-bond acceptors (Lipinski definition) is 3. The first-order chi connectivity index (χ1) is 13.2. The molecule has 1 spiro atoms. The fourth-order valence-corrected chi connectivity index (χ4v) is 4.02. The Labute approximate surface area is 171 Å². The number of aromatic nitrogens is 1. The Hall–Kier alpha value is -1.78. The molecule has 2 heterocycles. The summed E-state index contributed by atoms with van der Waals surface area (Å²) in [4.78, 5) is 9.08. The molecule has 0 amide bonds. The summed E-state index contributed by atoms with van der Waals surface area (Å²) in [6.07, 6.45) is 9.42. The van der Waals surface area contributed by atoms with Crippen molar-refractivity contribution in [2.24, 2.45) is 4.99 Å². The van der Waals surface area contributed by atoms with Crippen LogP contribution in [0.25, 0.3) is 0 Å². The van der Waals surface area contributed by atoms with Crippen LogP contribution in [0.2, 0.25) is 10.0 Å². The van der Waals surface area contributed by atoms with Crippen LogP contribution in [0, 0.1) is 0 Å². The molecule has 0 saturated heterocycles. The summed E-state index contributed by atoms with van der Waals surface area (Å²) in [6, 6.07) is 7.75. The van der Waals surface area contributed by atoms with Gasteiger partial charge < -0.3 is 10.6 Å². The summed E-state index contributed by atoms with van der Waals surface area (Å²) < 4.78 is 0. The lowest BCUT2D eigenvalue weighted by atomic mass is 9.79. The molecule has 0 radical (unpaired) electrons. The summed E-state index contributed by atoms with van der Waals surface area (Å²) in [5, 5.41) is 8.34. The minimum Gasteiger partial charge on any atom is -0.371 e. The maximum Gasteiger partial charge on any atom is 0.127 e. The van der Waals surface area contributed by atoms with Gasteiger partial charge in [-0.2, -0.15) is 0 Å². The Morgan fingerprint density at radius 3 is 2.44 bits per heavy atom. The van der Waals surface area contributed by atoms with Crippen molar-refractivity contribution in [3.63, 3.8) is 0 Å². The molecule has 27 heavy (non-hydrogen) atoms. The zero-order valence-electron chi connectivity index (χ0n) is 15.9. The Morgan fingerprint density at radius 2 is 1.78 bits per heavy atom. The van der Waals surface area contributed by atoms with Gasteiger partial charge in [0.2, 0.25) is 0 Å². The van der Waals surface area contributed by atoms with Gasteiger partial charge in [-0.15, -0.1) is 0 Å². The number of amidine groups is 1. The lowest BCUT2D eigenvalue weighted by Gasteiger charge is -2.44. The average Bonchev–Trinajstić information content (AvgIpc) is 2.71. The van der Waals surface area contributed by atoms with Crippen molar-refractivity contribution in [3.8, 4) is 0 Å². The molecule has 0 atom stereocenters. The van der Waals surface area contributed by atoms with Crippen molar-refractivity contribution in [2.75, 3.05) is 10.6 Å². The van der Waals surface area contributed by atoms with E-state index < -0.39 is 0 Å². The van der Waals surface area contributed by atoms with Crippen LogP contribution in [0.5, 0.6) is 0 Å². The van der Waals surface area contributed by atoms with E-state index in [2.05, 4.69) is 15.6 Å². The molecule has 0 bridgehead atoms. The second kappa shape index (κ2) is 8.94. The minimum absolute atomic E-state index is 0.148. The van der Waals surface area contributed by atoms with Gasteiger partial charge in [0, 0.05) is 12.4 Å². The zero-order valence-corrected chi connectivity index (χ0v) is 17.4. The van der Waals surface area contributed by atoms with E-state index in [4.69, 9.17) is 28.2 Å². The first kappa shape index (κ1) is 20.0. The van der Waals surface area contributed by atoms with Crippen LogP contribution in [-0.4, -0.2) is 16.4 Å². The van der Waals surface area contributed by atoms with Crippen molar-refractivity contribution in [1.82, 2.24) is 4.98 Å². The van der Waals surface area contributed by atoms with Gasteiger partial charge in [0.05, 0.1) is 33.5 Å². The van der Waals surface area contributed by atoms with Gasteiger partial charge in [0.25, 0.3) is 0 Å². The molecule has 2 aromatic rings. The summed E-state index contributed by atoms with van der Waals surface area (Å²) in [7, 11) is 0. The van der Waals surface area contributed by atoms with Crippen LogP contribution in [0.3, 0.4) is 0 Å². The maximum atomic E-state index is 6.21. The number of fused-ring (bicyclic) bond motifs is 1. The van der Waals surface area contributed by atoms with Crippen LogP contribution >= 0.6 is 23.2 Å². The van der Waals surface area contributed by atoms with Crippen molar-refractivity contribution in [2.45, 2.75) is 58.0 Å². The lowest BCUT2D eigenvalue weighted by molar-refractivity contribution is 0.403. The second-order valence-electron chi connectivity index (χ2n) is 6.73. The van der Waals surface area contributed by atoms with E-state index in [-0.39, 0.29) is 5.54 Å². The Kier molecular flexibility index (Phi) is 6.61. The van der Waals surface area contributed by atoms with Crippen LogP contribution in [0.4, 0.5) is 11.4 Å². The van der Waals surface area contributed by atoms with Crippen LogP contribution < -0.4 is 10.6 Å². The van der Waals surface area contributed by atoms with E-state index >= 15 is 0 Å². The molecule has 2 N–H and O–H groups in total. The quantitative estimate of drug-likeness (QED) is 0.595. The van der Waals surface area contributed by atoms with E-state index in [1.165, 1.54) is 19.3 Å². The topological polar surface area (TPSA) is 49.3 Å². The number of halogens is 2. The highest BCUT2D eigenvalue weighted by molar-refractivity contribution is 6.42. The summed E-state index contributed by atoms with van der Waals surface area (Å²) >= 11 is 12.4. The van der Waals surface area contributed by atoms with Crippen molar-refractivity contribution in [3.05, 3.63) is 52.3 Å². The highest BCUT2D eigenvalue weighted by atomic mass is 35.5. The molecule has 1 fully saturated rings. The van der Waals surface area contributed by atoms with Gasteiger partial charge in [-0.1, -0.05) is 62.4 Å². The normalized spacial score (nSPS) is 18.7. The van der Waals surface area contributed by atoms with Gasteiger partial charge in [0.15, 0.2) is 0 Å². The van der Waals surface area contributed by atoms with Gasteiger partial charge in [-0.3, -0.25) is 9.98 Å². The highest BCUT2D eigenvalue weighted by Crippen LogP contribution is 2.42. The molecule has 4 nitrogen and oxygen atoms in total. The van der Waals surface area contributed by atoms with Crippen molar-refractivity contribution < 1.29 is 0 Å².